The Morgan fingerprint density at radius 2 is 2.00 bits per heavy atom. The normalized spacial score (nSPS) is 22.3. The summed E-state index contributed by atoms with van der Waals surface area (Å²) in [5.74, 6) is 0.777. The summed E-state index contributed by atoms with van der Waals surface area (Å²) in [5, 5.41) is 5.94. The van der Waals surface area contributed by atoms with Gasteiger partial charge in [-0.2, -0.15) is 0 Å². The number of anilines is 1. The minimum Gasteiger partial charge on any atom is -0.497 e. The van der Waals surface area contributed by atoms with E-state index in [-0.39, 0.29) is 12.1 Å². The van der Waals surface area contributed by atoms with Crippen LogP contribution in [0.1, 0.15) is 25.7 Å². The van der Waals surface area contributed by atoms with Crippen LogP contribution in [0.25, 0.3) is 0 Å². The summed E-state index contributed by atoms with van der Waals surface area (Å²) >= 11 is 0. The quantitative estimate of drug-likeness (QED) is 0.869. The van der Waals surface area contributed by atoms with Crippen molar-refractivity contribution in [2.45, 2.75) is 37.8 Å². The summed E-state index contributed by atoms with van der Waals surface area (Å²) in [6, 6.07) is 7.44. The first kappa shape index (κ1) is 17.0. The molecular formula is C18H27N3O3. The Morgan fingerprint density at radius 1 is 1.25 bits per heavy atom. The second-order valence-corrected chi connectivity index (χ2v) is 6.54. The van der Waals surface area contributed by atoms with E-state index in [2.05, 4.69) is 15.5 Å². The summed E-state index contributed by atoms with van der Waals surface area (Å²) in [5.41, 5.74) is 0.768. The molecule has 1 atom stereocenters. The van der Waals surface area contributed by atoms with Crippen molar-refractivity contribution >= 4 is 11.7 Å². The number of likely N-dealkylation sites (tertiary alicyclic amines) is 1. The lowest BCUT2D eigenvalue weighted by Gasteiger charge is -2.33. The molecule has 2 heterocycles. The molecule has 6 nitrogen and oxygen atoms in total. The molecule has 1 aromatic rings. The Balaban J connectivity index is 1.37. The van der Waals surface area contributed by atoms with Crippen LogP contribution in [0.15, 0.2) is 24.3 Å². The molecule has 3 rings (SSSR count). The number of hydrogen-bond acceptors (Lipinski definition) is 4. The third-order valence-electron chi connectivity index (χ3n) is 4.76. The van der Waals surface area contributed by atoms with Crippen LogP contribution in [0.4, 0.5) is 10.5 Å². The molecule has 0 aromatic heterocycles. The number of hydrogen-bond donors (Lipinski definition) is 2. The van der Waals surface area contributed by atoms with Gasteiger partial charge in [0.05, 0.1) is 13.2 Å². The van der Waals surface area contributed by atoms with Crippen molar-refractivity contribution < 1.29 is 14.3 Å². The van der Waals surface area contributed by atoms with E-state index >= 15 is 0 Å². The van der Waals surface area contributed by atoms with Crippen LogP contribution in [0.5, 0.6) is 5.75 Å². The molecule has 0 saturated carbocycles. The Labute approximate surface area is 143 Å². The van der Waals surface area contributed by atoms with Gasteiger partial charge in [-0.3, -0.25) is 0 Å². The van der Waals surface area contributed by atoms with Gasteiger partial charge in [-0.15, -0.1) is 0 Å². The molecular weight excluding hydrogens is 306 g/mol. The second kappa shape index (κ2) is 8.35. The number of carbonyl (C=O) groups excluding carboxylic acids is 1. The van der Waals surface area contributed by atoms with E-state index in [9.17, 15) is 4.79 Å². The van der Waals surface area contributed by atoms with Gasteiger partial charge in [-0.25, -0.2) is 4.79 Å². The number of carbonyl (C=O) groups is 1. The van der Waals surface area contributed by atoms with E-state index < -0.39 is 0 Å². The minimum absolute atomic E-state index is 0.141. The highest BCUT2D eigenvalue weighted by Gasteiger charge is 2.24. The number of methoxy groups -OCH3 is 1. The van der Waals surface area contributed by atoms with Gasteiger partial charge in [0.1, 0.15) is 5.75 Å². The number of rotatable bonds is 5. The SMILES string of the molecule is COc1ccc(NC(=O)NC2CCN(CC3CCCO3)CC2)cc1. The topological polar surface area (TPSA) is 62.8 Å². The van der Waals surface area contributed by atoms with Crippen molar-refractivity contribution in [3.63, 3.8) is 0 Å². The summed E-state index contributed by atoms with van der Waals surface area (Å²) in [6.45, 7) is 3.99. The first-order valence-electron chi connectivity index (χ1n) is 8.78. The number of nitrogens with one attached hydrogen (secondary N) is 2. The van der Waals surface area contributed by atoms with Crippen LogP contribution < -0.4 is 15.4 Å². The molecule has 0 bridgehead atoms. The van der Waals surface area contributed by atoms with Gasteiger partial charge in [-0.1, -0.05) is 0 Å². The van der Waals surface area contributed by atoms with Crippen LogP contribution in [0, 0.1) is 0 Å². The van der Waals surface area contributed by atoms with E-state index in [0.717, 1.165) is 50.5 Å². The number of urea groups is 1. The number of benzene rings is 1. The van der Waals surface area contributed by atoms with Crippen molar-refractivity contribution in [1.82, 2.24) is 10.2 Å². The zero-order valence-corrected chi connectivity index (χ0v) is 14.3. The Bertz CT molecular complexity index is 521. The van der Waals surface area contributed by atoms with Gasteiger partial charge in [0.15, 0.2) is 0 Å². The maximum absolute atomic E-state index is 12.1. The average Bonchev–Trinajstić information content (AvgIpc) is 3.10. The van der Waals surface area contributed by atoms with Gasteiger partial charge in [0.2, 0.25) is 0 Å². The first-order chi connectivity index (χ1) is 11.7. The van der Waals surface area contributed by atoms with Gasteiger partial charge in [0.25, 0.3) is 0 Å². The molecule has 132 valence electrons. The fourth-order valence-electron chi connectivity index (χ4n) is 3.36. The van der Waals surface area contributed by atoms with Gasteiger partial charge in [-0.05, 0) is 49.9 Å². The first-order valence-corrected chi connectivity index (χ1v) is 8.78. The van der Waals surface area contributed by atoms with E-state index in [0.29, 0.717) is 6.10 Å². The zero-order chi connectivity index (χ0) is 16.8. The molecule has 2 N–H and O–H groups in total. The molecule has 2 amide bonds. The Morgan fingerprint density at radius 3 is 2.62 bits per heavy atom. The molecule has 6 heteroatoms. The molecule has 24 heavy (non-hydrogen) atoms. The smallest absolute Gasteiger partial charge is 0.319 e. The molecule has 0 radical (unpaired) electrons. The fourth-order valence-corrected chi connectivity index (χ4v) is 3.36. The van der Waals surface area contributed by atoms with Gasteiger partial charge >= 0.3 is 6.03 Å². The van der Waals surface area contributed by atoms with Crippen LogP contribution in [0.3, 0.4) is 0 Å². The Kier molecular flexibility index (Phi) is 5.93. The highest BCUT2D eigenvalue weighted by Crippen LogP contribution is 2.18. The second-order valence-electron chi connectivity index (χ2n) is 6.54. The predicted octanol–water partition coefficient (Wildman–Crippen LogP) is 2.46. The molecule has 1 unspecified atom stereocenters. The minimum atomic E-state index is -0.141. The van der Waals surface area contributed by atoms with E-state index in [1.807, 2.05) is 24.3 Å². The van der Waals surface area contributed by atoms with E-state index in [1.54, 1.807) is 7.11 Å². The average molecular weight is 333 g/mol. The van der Waals surface area contributed by atoms with Crippen LogP contribution >= 0.6 is 0 Å². The van der Waals surface area contributed by atoms with E-state index in [1.165, 1.54) is 12.8 Å². The zero-order valence-electron chi connectivity index (χ0n) is 14.3. The maximum atomic E-state index is 12.1. The summed E-state index contributed by atoms with van der Waals surface area (Å²) in [7, 11) is 1.63. The third kappa shape index (κ3) is 4.85. The lowest BCUT2D eigenvalue weighted by atomic mass is 10.0. The monoisotopic (exact) mass is 333 g/mol. The van der Waals surface area contributed by atoms with Crippen molar-refractivity contribution in [2.24, 2.45) is 0 Å². The van der Waals surface area contributed by atoms with Crippen molar-refractivity contribution in [2.75, 3.05) is 38.7 Å². The number of nitrogens with zero attached hydrogens (tertiary/aromatic N) is 1. The molecule has 0 spiro atoms. The van der Waals surface area contributed by atoms with E-state index in [4.69, 9.17) is 9.47 Å². The number of amides is 2. The van der Waals surface area contributed by atoms with Crippen LogP contribution in [-0.4, -0.2) is 56.4 Å². The molecule has 0 aliphatic carbocycles. The Hall–Kier alpha value is -1.79. The number of piperidine rings is 1. The molecule has 2 aliphatic heterocycles. The molecule has 2 saturated heterocycles. The van der Waals surface area contributed by atoms with Gasteiger partial charge < -0.3 is 25.0 Å². The number of ether oxygens (including phenoxy) is 2. The lowest BCUT2D eigenvalue weighted by Crippen LogP contribution is -2.47. The molecule has 1 aromatic carbocycles. The maximum Gasteiger partial charge on any atom is 0.319 e. The van der Waals surface area contributed by atoms with Gasteiger partial charge in [0, 0.05) is 38.0 Å². The lowest BCUT2D eigenvalue weighted by molar-refractivity contribution is 0.0633. The third-order valence-corrected chi connectivity index (χ3v) is 4.76. The van der Waals surface area contributed by atoms with Crippen molar-refractivity contribution in [3.8, 4) is 5.75 Å². The highest BCUT2D eigenvalue weighted by atomic mass is 16.5. The predicted molar refractivity (Wildman–Crippen MR) is 93.6 cm³/mol. The summed E-state index contributed by atoms with van der Waals surface area (Å²) in [4.78, 5) is 14.6. The largest absolute Gasteiger partial charge is 0.497 e. The van der Waals surface area contributed by atoms with Crippen molar-refractivity contribution in [1.29, 1.82) is 0 Å². The summed E-state index contributed by atoms with van der Waals surface area (Å²) in [6.07, 6.45) is 4.76. The standard InChI is InChI=1S/C18H27N3O3/c1-23-16-6-4-14(5-7-16)19-18(22)20-15-8-10-21(11-9-15)13-17-3-2-12-24-17/h4-7,15,17H,2-3,8-13H2,1H3,(H2,19,20,22). The highest BCUT2D eigenvalue weighted by molar-refractivity contribution is 5.89. The molecule has 2 aliphatic rings. The summed E-state index contributed by atoms with van der Waals surface area (Å²) < 4.78 is 10.8. The fraction of sp³-hybridized carbons (Fsp3) is 0.611. The molecule has 2 fully saturated rings. The van der Waals surface area contributed by atoms with Crippen molar-refractivity contribution in [3.05, 3.63) is 24.3 Å². The van der Waals surface area contributed by atoms with Crippen LogP contribution in [0.2, 0.25) is 0 Å². The van der Waals surface area contributed by atoms with Crippen LogP contribution in [-0.2, 0) is 4.74 Å².